The van der Waals surface area contributed by atoms with Gasteiger partial charge in [0.25, 0.3) is 0 Å². The van der Waals surface area contributed by atoms with Crippen molar-refractivity contribution >= 4 is 0 Å². The lowest BCUT2D eigenvalue weighted by atomic mass is 9.92. The molecule has 0 radical (unpaired) electrons. The van der Waals surface area contributed by atoms with E-state index in [1.165, 1.54) is 22.3 Å². The van der Waals surface area contributed by atoms with E-state index >= 15 is 0 Å². The summed E-state index contributed by atoms with van der Waals surface area (Å²) in [6, 6.07) is 14.7. The minimum absolute atomic E-state index is 0.149. The van der Waals surface area contributed by atoms with Crippen LogP contribution in [0.15, 0.2) is 42.5 Å². The minimum atomic E-state index is 0.149. The molecular formula is C17H21NO. The highest BCUT2D eigenvalue weighted by Gasteiger charge is 2.18. The molecule has 0 aliphatic rings. The van der Waals surface area contributed by atoms with Crippen LogP contribution in [-0.2, 0) is 0 Å². The van der Waals surface area contributed by atoms with Gasteiger partial charge in [-0.25, -0.2) is 0 Å². The summed E-state index contributed by atoms with van der Waals surface area (Å²) < 4.78 is 5.48. The van der Waals surface area contributed by atoms with Crippen LogP contribution in [0.1, 0.15) is 28.3 Å². The van der Waals surface area contributed by atoms with Crippen LogP contribution < -0.4 is 10.1 Å². The van der Waals surface area contributed by atoms with Crippen LogP contribution >= 0.6 is 0 Å². The summed E-state index contributed by atoms with van der Waals surface area (Å²) in [4.78, 5) is 0. The number of nitrogens with one attached hydrogen (secondary N) is 1. The van der Waals surface area contributed by atoms with Crippen LogP contribution in [0, 0.1) is 13.8 Å². The van der Waals surface area contributed by atoms with Crippen molar-refractivity contribution in [1.82, 2.24) is 5.32 Å². The molecule has 0 aliphatic heterocycles. The molecule has 2 nitrogen and oxygen atoms in total. The maximum absolute atomic E-state index is 5.48. The quantitative estimate of drug-likeness (QED) is 0.901. The highest BCUT2D eigenvalue weighted by molar-refractivity contribution is 5.45. The van der Waals surface area contributed by atoms with Gasteiger partial charge in [-0.15, -0.1) is 0 Å². The largest absolute Gasteiger partial charge is 0.496 e. The molecule has 0 fully saturated rings. The van der Waals surface area contributed by atoms with Gasteiger partial charge < -0.3 is 10.1 Å². The average molecular weight is 255 g/mol. The molecule has 1 N–H and O–H groups in total. The molecule has 0 bridgehead atoms. The molecule has 0 heterocycles. The standard InChI is InChI=1S/C17H21NO/c1-12-8-7-10-14(13(12)2)17(18-3)15-9-5-6-11-16(15)19-4/h5-11,17-18H,1-4H3. The second-order valence-corrected chi connectivity index (χ2v) is 4.75. The lowest BCUT2D eigenvalue weighted by Gasteiger charge is -2.22. The van der Waals surface area contributed by atoms with Gasteiger partial charge in [0, 0.05) is 5.56 Å². The van der Waals surface area contributed by atoms with E-state index in [0.717, 1.165) is 5.75 Å². The fourth-order valence-electron chi connectivity index (χ4n) is 2.47. The van der Waals surface area contributed by atoms with Crippen LogP contribution in [0.2, 0.25) is 0 Å². The molecule has 0 aromatic heterocycles. The molecule has 0 saturated heterocycles. The number of hydrogen-bond acceptors (Lipinski definition) is 2. The lowest BCUT2D eigenvalue weighted by molar-refractivity contribution is 0.405. The zero-order chi connectivity index (χ0) is 13.8. The molecule has 2 aromatic rings. The molecule has 2 heteroatoms. The van der Waals surface area contributed by atoms with Crippen molar-refractivity contribution < 1.29 is 4.74 Å². The lowest BCUT2D eigenvalue weighted by Crippen LogP contribution is -2.19. The van der Waals surface area contributed by atoms with Gasteiger partial charge in [-0.2, -0.15) is 0 Å². The number of para-hydroxylation sites is 1. The molecular weight excluding hydrogens is 234 g/mol. The predicted octanol–water partition coefficient (Wildman–Crippen LogP) is 3.62. The third kappa shape index (κ3) is 2.64. The highest BCUT2D eigenvalue weighted by Crippen LogP contribution is 2.31. The van der Waals surface area contributed by atoms with Gasteiger partial charge in [0.15, 0.2) is 0 Å². The Hall–Kier alpha value is -1.80. The number of rotatable bonds is 4. The van der Waals surface area contributed by atoms with Gasteiger partial charge in [-0.3, -0.25) is 0 Å². The third-order valence-electron chi connectivity index (χ3n) is 3.70. The van der Waals surface area contributed by atoms with Gasteiger partial charge in [-0.05, 0) is 43.7 Å². The second-order valence-electron chi connectivity index (χ2n) is 4.75. The van der Waals surface area contributed by atoms with Crippen LogP contribution in [0.3, 0.4) is 0 Å². The Balaban J connectivity index is 2.53. The normalized spacial score (nSPS) is 12.2. The number of aryl methyl sites for hydroxylation is 1. The van der Waals surface area contributed by atoms with Crippen molar-refractivity contribution in [2.45, 2.75) is 19.9 Å². The van der Waals surface area contributed by atoms with Crippen molar-refractivity contribution in [1.29, 1.82) is 0 Å². The number of ether oxygens (including phenoxy) is 1. The Bertz CT molecular complexity index is 563. The van der Waals surface area contributed by atoms with Crippen LogP contribution in [-0.4, -0.2) is 14.2 Å². The SMILES string of the molecule is CNC(c1ccccc1OC)c1cccc(C)c1C. The monoisotopic (exact) mass is 255 g/mol. The Morgan fingerprint density at radius 1 is 0.947 bits per heavy atom. The first-order chi connectivity index (χ1) is 9.19. The molecule has 0 saturated carbocycles. The number of benzene rings is 2. The van der Waals surface area contributed by atoms with Crippen LogP contribution in [0.4, 0.5) is 0 Å². The maximum Gasteiger partial charge on any atom is 0.123 e. The minimum Gasteiger partial charge on any atom is -0.496 e. The first-order valence-electron chi connectivity index (χ1n) is 6.55. The van der Waals surface area contributed by atoms with Crippen molar-refractivity contribution in [3.05, 3.63) is 64.7 Å². The summed E-state index contributed by atoms with van der Waals surface area (Å²) in [7, 11) is 3.70. The topological polar surface area (TPSA) is 21.3 Å². The van der Waals surface area contributed by atoms with Crippen molar-refractivity contribution in [2.75, 3.05) is 14.2 Å². The van der Waals surface area contributed by atoms with E-state index < -0.39 is 0 Å². The Morgan fingerprint density at radius 3 is 2.32 bits per heavy atom. The molecule has 100 valence electrons. The smallest absolute Gasteiger partial charge is 0.123 e. The van der Waals surface area contributed by atoms with Gasteiger partial charge in [0.2, 0.25) is 0 Å². The van der Waals surface area contributed by atoms with Gasteiger partial charge in [0.05, 0.1) is 13.2 Å². The Labute approximate surface area is 115 Å². The molecule has 0 spiro atoms. The number of hydrogen-bond donors (Lipinski definition) is 1. The van der Waals surface area contributed by atoms with Gasteiger partial charge in [0.1, 0.15) is 5.75 Å². The first kappa shape index (κ1) is 13.6. The van der Waals surface area contributed by atoms with Crippen molar-refractivity contribution in [2.24, 2.45) is 0 Å². The number of methoxy groups -OCH3 is 1. The van der Waals surface area contributed by atoms with E-state index in [0.29, 0.717) is 0 Å². The molecule has 1 atom stereocenters. The zero-order valence-corrected chi connectivity index (χ0v) is 12.0. The van der Waals surface area contributed by atoms with E-state index in [1.54, 1.807) is 7.11 Å². The molecule has 0 amide bonds. The first-order valence-corrected chi connectivity index (χ1v) is 6.55. The summed E-state index contributed by atoms with van der Waals surface area (Å²) >= 11 is 0. The fraction of sp³-hybridized carbons (Fsp3) is 0.294. The summed E-state index contributed by atoms with van der Waals surface area (Å²) in [5.74, 6) is 0.919. The van der Waals surface area contributed by atoms with Crippen molar-refractivity contribution in [3.8, 4) is 5.75 Å². The summed E-state index contributed by atoms with van der Waals surface area (Å²) in [6.45, 7) is 4.32. The van der Waals surface area contributed by atoms with E-state index in [1.807, 2.05) is 25.2 Å². The van der Waals surface area contributed by atoms with Crippen molar-refractivity contribution in [3.63, 3.8) is 0 Å². The van der Waals surface area contributed by atoms with E-state index in [2.05, 4.69) is 43.4 Å². The van der Waals surface area contributed by atoms with E-state index in [-0.39, 0.29) is 6.04 Å². The average Bonchev–Trinajstić information content (AvgIpc) is 2.45. The fourth-order valence-corrected chi connectivity index (χ4v) is 2.47. The van der Waals surface area contributed by atoms with E-state index in [9.17, 15) is 0 Å². The Kier molecular flexibility index (Phi) is 4.23. The van der Waals surface area contributed by atoms with Gasteiger partial charge >= 0.3 is 0 Å². The summed E-state index contributed by atoms with van der Waals surface area (Å²) in [5.41, 5.74) is 5.11. The zero-order valence-electron chi connectivity index (χ0n) is 12.0. The molecule has 1 unspecified atom stereocenters. The Morgan fingerprint density at radius 2 is 1.63 bits per heavy atom. The third-order valence-corrected chi connectivity index (χ3v) is 3.70. The van der Waals surface area contributed by atoms with Crippen LogP contribution in [0.25, 0.3) is 0 Å². The van der Waals surface area contributed by atoms with Gasteiger partial charge in [-0.1, -0.05) is 36.4 Å². The predicted molar refractivity (Wildman–Crippen MR) is 79.8 cm³/mol. The van der Waals surface area contributed by atoms with Crippen LogP contribution in [0.5, 0.6) is 5.75 Å². The molecule has 0 aliphatic carbocycles. The summed E-state index contributed by atoms with van der Waals surface area (Å²) in [5, 5.41) is 3.40. The summed E-state index contributed by atoms with van der Waals surface area (Å²) in [6.07, 6.45) is 0. The maximum atomic E-state index is 5.48. The molecule has 2 rings (SSSR count). The highest BCUT2D eigenvalue weighted by atomic mass is 16.5. The van der Waals surface area contributed by atoms with E-state index in [4.69, 9.17) is 4.74 Å². The molecule has 19 heavy (non-hydrogen) atoms. The second kappa shape index (κ2) is 5.89. The molecule has 2 aromatic carbocycles.